The largest absolute Gasteiger partial charge is 0.378 e. The Hall–Kier alpha value is -4.00. The summed E-state index contributed by atoms with van der Waals surface area (Å²) in [6.45, 7) is 4.75. The summed E-state index contributed by atoms with van der Waals surface area (Å²) >= 11 is 1.64. The first-order valence-electron chi connectivity index (χ1n) is 13.1. The van der Waals surface area contributed by atoms with Gasteiger partial charge in [-0.05, 0) is 37.5 Å². The minimum absolute atomic E-state index is 0.451. The molecule has 0 aliphatic carbocycles. The Bertz CT molecular complexity index is 1440. The van der Waals surface area contributed by atoms with E-state index in [9.17, 15) is 5.26 Å². The van der Waals surface area contributed by atoms with Gasteiger partial charge in [0.2, 0.25) is 5.95 Å². The summed E-state index contributed by atoms with van der Waals surface area (Å²) in [6, 6.07) is 22.6. The molecule has 0 spiro atoms. The topological polar surface area (TPSA) is 83.1 Å². The predicted octanol–water partition coefficient (Wildman–Crippen LogP) is 5.28. The van der Waals surface area contributed by atoms with E-state index in [4.69, 9.17) is 9.72 Å². The van der Waals surface area contributed by atoms with E-state index >= 15 is 0 Å². The van der Waals surface area contributed by atoms with Crippen LogP contribution in [0, 0.1) is 11.3 Å². The number of benzene rings is 2. The number of aromatic nitrogens is 4. The van der Waals surface area contributed by atoms with Crippen LogP contribution in [0.3, 0.4) is 0 Å². The van der Waals surface area contributed by atoms with Crippen molar-refractivity contribution in [1.82, 2.24) is 19.7 Å². The van der Waals surface area contributed by atoms with Gasteiger partial charge in [0.25, 0.3) is 0 Å². The lowest BCUT2D eigenvalue weighted by atomic mass is 10.1. The maximum Gasteiger partial charge on any atom is 0.232 e. The molecule has 4 heterocycles. The van der Waals surface area contributed by atoms with Gasteiger partial charge in [0.15, 0.2) is 11.0 Å². The molecular formula is C29H29N7OS. The Labute approximate surface area is 226 Å². The highest BCUT2D eigenvalue weighted by Crippen LogP contribution is 2.37. The first-order valence-corrected chi connectivity index (χ1v) is 13.9. The fourth-order valence-electron chi connectivity index (χ4n) is 4.95. The van der Waals surface area contributed by atoms with Gasteiger partial charge in [0.05, 0.1) is 35.0 Å². The molecule has 2 fully saturated rings. The second-order valence-corrected chi connectivity index (χ2v) is 10.4. The fourth-order valence-corrected chi connectivity index (χ4v) is 6.03. The van der Waals surface area contributed by atoms with Crippen molar-refractivity contribution < 1.29 is 4.74 Å². The number of morpholine rings is 1. The van der Waals surface area contributed by atoms with Crippen LogP contribution in [-0.4, -0.2) is 59.1 Å². The van der Waals surface area contributed by atoms with Gasteiger partial charge in [-0.3, -0.25) is 4.57 Å². The normalized spacial score (nSPS) is 16.4. The van der Waals surface area contributed by atoms with Gasteiger partial charge in [0, 0.05) is 31.7 Å². The van der Waals surface area contributed by atoms with Crippen LogP contribution in [0.25, 0.3) is 28.6 Å². The van der Waals surface area contributed by atoms with Crippen molar-refractivity contribution in [3.63, 3.8) is 0 Å². The Kier molecular flexibility index (Phi) is 7.16. The number of para-hydroxylation sites is 1. The van der Waals surface area contributed by atoms with Crippen LogP contribution in [0.5, 0.6) is 0 Å². The third-order valence-electron chi connectivity index (χ3n) is 6.91. The van der Waals surface area contributed by atoms with Gasteiger partial charge in [0.1, 0.15) is 6.07 Å². The molecule has 0 saturated carbocycles. The molecule has 0 amide bonds. The Morgan fingerprint density at radius 3 is 2.29 bits per heavy atom. The standard InChI is InChI=1S/C29H29N7OS/c30-21-23(27-32-33-28(34-16-18-37-19-17-34)36(27)24-12-6-2-7-13-24)20-25-26(22-10-4-1-5-11-22)31-29(38-25)35-14-8-3-9-15-35/h1-2,4-7,10-13,20H,3,8-9,14-19H2. The molecule has 2 saturated heterocycles. The predicted molar refractivity (Wildman–Crippen MR) is 151 cm³/mol. The summed E-state index contributed by atoms with van der Waals surface area (Å²) in [6.07, 6.45) is 5.55. The second kappa shape index (κ2) is 11.2. The summed E-state index contributed by atoms with van der Waals surface area (Å²) in [5.74, 6) is 1.24. The molecule has 0 bridgehead atoms. The minimum atomic E-state index is 0.451. The van der Waals surface area contributed by atoms with Crippen LogP contribution < -0.4 is 9.80 Å². The highest BCUT2D eigenvalue weighted by atomic mass is 32.1. The van der Waals surface area contributed by atoms with Crippen LogP contribution in [0.15, 0.2) is 60.7 Å². The van der Waals surface area contributed by atoms with Crippen molar-refractivity contribution >= 4 is 34.1 Å². The molecule has 0 unspecified atom stereocenters. The van der Waals surface area contributed by atoms with Gasteiger partial charge in [-0.25, -0.2) is 4.98 Å². The fraction of sp³-hybridized carbons (Fsp3) is 0.310. The highest BCUT2D eigenvalue weighted by Gasteiger charge is 2.25. The lowest BCUT2D eigenvalue weighted by molar-refractivity contribution is 0.122. The lowest BCUT2D eigenvalue weighted by Gasteiger charge is -2.28. The molecule has 0 radical (unpaired) electrons. The van der Waals surface area contributed by atoms with E-state index in [0.29, 0.717) is 24.6 Å². The molecular weight excluding hydrogens is 494 g/mol. The van der Waals surface area contributed by atoms with Gasteiger partial charge in [-0.2, -0.15) is 5.26 Å². The third kappa shape index (κ3) is 4.93. The number of anilines is 2. The molecule has 9 heteroatoms. The molecule has 0 N–H and O–H groups in total. The zero-order chi connectivity index (χ0) is 25.7. The number of nitrogens with zero attached hydrogens (tertiary/aromatic N) is 7. The van der Waals surface area contributed by atoms with Crippen molar-refractivity contribution in [1.29, 1.82) is 5.26 Å². The number of ether oxygens (including phenoxy) is 1. The Balaban J connectivity index is 1.47. The maximum atomic E-state index is 10.4. The number of allylic oxidation sites excluding steroid dienone is 1. The SMILES string of the molecule is N#CC(=Cc1sc(N2CCCCC2)nc1-c1ccccc1)c1nnc(N2CCOCC2)n1-c1ccccc1. The monoisotopic (exact) mass is 523 g/mol. The van der Waals surface area contributed by atoms with Crippen molar-refractivity contribution in [3.05, 3.63) is 71.4 Å². The third-order valence-corrected chi connectivity index (χ3v) is 7.97. The number of nitriles is 1. The summed E-state index contributed by atoms with van der Waals surface area (Å²) in [5.41, 5.74) is 3.29. The molecule has 6 rings (SSSR count). The first kappa shape index (κ1) is 24.3. The van der Waals surface area contributed by atoms with Crippen LogP contribution in [0.2, 0.25) is 0 Å². The summed E-state index contributed by atoms with van der Waals surface area (Å²) < 4.78 is 7.54. The quantitative estimate of drug-likeness (QED) is 0.318. The van der Waals surface area contributed by atoms with E-state index < -0.39 is 0 Å². The molecule has 38 heavy (non-hydrogen) atoms. The average molecular weight is 524 g/mol. The Morgan fingerprint density at radius 1 is 0.868 bits per heavy atom. The lowest BCUT2D eigenvalue weighted by Crippen LogP contribution is -2.38. The van der Waals surface area contributed by atoms with Crippen molar-refractivity contribution in [2.24, 2.45) is 0 Å². The summed E-state index contributed by atoms with van der Waals surface area (Å²) in [4.78, 5) is 10.6. The Morgan fingerprint density at radius 2 is 1.58 bits per heavy atom. The van der Waals surface area contributed by atoms with Crippen molar-refractivity contribution in [2.45, 2.75) is 19.3 Å². The number of rotatable bonds is 6. The van der Waals surface area contributed by atoms with Gasteiger partial charge in [-0.15, -0.1) is 10.2 Å². The van der Waals surface area contributed by atoms with Crippen LogP contribution in [0.1, 0.15) is 30.0 Å². The van der Waals surface area contributed by atoms with Crippen LogP contribution >= 0.6 is 11.3 Å². The smallest absolute Gasteiger partial charge is 0.232 e. The summed E-state index contributed by atoms with van der Waals surface area (Å²) in [5, 5.41) is 20.5. The zero-order valence-corrected chi connectivity index (χ0v) is 22.0. The number of piperidine rings is 1. The van der Waals surface area contributed by atoms with E-state index in [2.05, 4.69) is 38.2 Å². The number of thiazole rings is 1. The minimum Gasteiger partial charge on any atom is -0.378 e. The maximum absolute atomic E-state index is 10.4. The number of hydrogen-bond acceptors (Lipinski definition) is 8. The molecule has 0 atom stereocenters. The van der Waals surface area contributed by atoms with Gasteiger partial charge >= 0.3 is 0 Å². The van der Waals surface area contributed by atoms with Crippen molar-refractivity contribution in [2.75, 3.05) is 49.2 Å². The van der Waals surface area contributed by atoms with E-state index in [1.165, 1.54) is 19.3 Å². The van der Waals surface area contributed by atoms with E-state index in [1.807, 2.05) is 59.2 Å². The summed E-state index contributed by atoms with van der Waals surface area (Å²) in [7, 11) is 0. The van der Waals surface area contributed by atoms with Gasteiger partial charge < -0.3 is 14.5 Å². The van der Waals surface area contributed by atoms with Crippen LogP contribution in [-0.2, 0) is 4.74 Å². The first-order chi connectivity index (χ1) is 18.8. The van der Waals surface area contributed by atoms with E-state index in [1.54, 1.807) is 11.3 Å². The van der Waals surface area contributed by atoms with E-state index in [0.717, 1.165) is 59.1 Å². The molecule has 2 aliphatic heterocycles. The van der Waals surface area contributed by atoms with Crippen molar-refractivity contribution in [3.8, 4) is 23.0 Å². The van der Waals surface area contributed by atoms with Crippen LogP contribution in [0.4, 0.5) is 11.1 Å². The highest BCUT2D eigenvalue weighted by molar-refractivity contribution is 7.17. The molecule has 2 aromatic heterocycles. The zero-order valence-electron chi connectivity index (χ0n) is 21.2. The van der Waals surface area contributed by atoms with Gasteiger partial charge in [-0.1, -0.05) is 59.9 Å². The molecule has 2 aromatic carbocycles. The molecule has 8 nitrogen and oxygen atoms in total. The average Bonchev–Trinajstić information content (AvgIpc) is 3.63. The number of hydrogen-bond donors (Lipinski definition) is 0. The second-order valence-electron chi connectivity index (χ2n) is 9.39. The molecule has 192 valence electrons. The molecule has 2 aliphatic rings. The molecule has 4 aromatic rings. The van der Waals surface area contributed by atoms with E-state index in [-0.39, 0.29) is 0 Å².